The highest BCUT2D eigenvalue weighted by atomic mass is 16.3. The predicted octanol–water partition coefficient (Wildman–Crippen LogP) is 1.96. The summed E-state index contributed by atoms with van der Waals surface area (Å²) < 4.78 is 3.70. The SMILES string of the molecule is CCC(C)C(O)CNC(=O)c1cnn(C)c1-n1c(C)ccc1C. The van der Waals surface area contributed by atoms with Crippen LogP contribution in [0.1, 0.15) is 42.0 Å². The number of carbonyl (C=O) groups is 1. The van der Waals surface area contributed by atoms with Crippen LogP contribution in [0.5, 0.6) is 0 Å². The molecule has 0 fully saturated rings. The molecule has 126 valence electrons. The third kappa shape index (κ3) is 3.47. The Balaban J connectivity index is 2.23. The van der Waals surface area contributed by atoms with Crippen LogP contribution in [0.4, 0.5) is 0 Å². The first-order valence-electron chi connectivity index (χ1n) is 8.00. The minimum absolute atomic E-state index is 0.151. The largest absolute Gasteiger partial charge is 0.391 e. The van der Waals surface area contributed by atoms with Crippen molar-refractivity contribution >= 4 is 5.91 Å². The molecule has 0 aliphatic rings. The van der Waals surface area contributed by atoms with Gasteiger partial charge in [-0.05, 0) is 31.9 Å². The van der Waals surface area contributed by atoms with E-state index in [0.29, 0.717) is 5.56 Å². The summed E-state index contributed by atoms with van der Waals surface area (Å²) in [6.07, 6.45) is 1.90. The zero-order valence-corrected chi connectivity index (χ0v) is 14.5. The summed E-state index contributed by atoms with van der Waals surface area (Å²) in [4.78, 5) is 12.5. The van der Waals surface area contributed by atoms with Gasteiger partial charge in [0.05, 0.1) is 12.3 Å². The van der Waals surface area contributed by atoms with Crippen LogP contribution in [0.25, 0.3) is 5.82 Å². The maximum Gasteiger partial charge on any atom is 0.256 e. The molecule has 0 spiro atoms. The molecule has 0 aromatic carbocycles. The highest BCUT2D eigenvalue weighted by Gasteiger charge is 2.21. The summed E-state index contributed by atoms with van der Waals surface area (Å²) in [5.41, 5.74) is 2.59. The minimum atomic E-state index is -0.542. The average molecular weight is 318 g/mol. The van der Waals surface area contributed by atoms with Crippen molar-refractivity contribution < 1.29 is 9.90 Å². The fraction of sp³-hybridized carbons (Fsp3) is 0.529. The van der Waals surface area contributed by atoms with E-state index in [1.807, 2.05) is 51.4 Å². The summed E-state index contributed by atoms with van der Waals surface area (Å²) in [7, 11) is 1.82. The van der Waals surface area contributed by atoms with Crippen molar-refractivity contribution in [1.82, 2.24) is 19.7 Å². The monoisotopic (exact) mass is 318 g/mol. The van der Waals surface area contributed by atoms with Gasteiger partial charge >= 0.3 is 0 Å². The number of aryl methyl sites for hydroxylation is 3. The van der Waals surface area contributed by atoms with Gasteiger partial charge in [-0.2, -0.15) is 5.10 Å². The van der Waals surface area contributed by atoms with Gasteiger partial charge in [-0.15, -0.1) is 0 Å². The molecule has 6 nitrogen and oxygen atoms in total. The Bertz CT molecular complexity index is 667. The molecule has 0 saturated carbocycles. The number of rotatable bonds is 6. The van der Waals surface area contributed by atoms with Crippen LogP contribution in [0.3, 0.4) is 0 Å². The van der Waals surface area contributed by atoms with Gasteiger partial charge in [-0.3, -0.25) is 9.48 Å². The second-order valence-electron chi connectivity index (χ2n) is 6.12. The molecule has 0 radical (unpaired) electrons. The topological polar surface area (TPSA) is 72.1 Å². The van der Waals surface area contributed by atoms with Crippen LogP contribution in [-0.2, 0) is 7.05 Å². The average Bonchev–Trinajstić information content (AvgIpc) is 3.06. The second kappa shape index (κ2) is 7.00. The first-order chi connectivity index (χ1) is 10.9. The molecule has 2 N–H and O–H groups in total. The number of nitrogens with one attached hydrogen (secondary N) is 1. The van der Waals surface area contributed by atoms with Crippen molar-refractivity contribution in [1.29, 1.82) is 0 Å². The van der Waals surface area contributed by atoms with Crippen molar-refractivity contribution in [3.8, 4) is 5.82 Å². The molecule has 6 heteroatoms. The van der Waals surface area contributed by atoms with E-state index in [-0.39, 0.29) is 18.4 Å². The lowest BCUT2D eigenvalue weighted by atomic mass is 10.0. The van der Waals surface area contributed by atoms with E-state index >= 15 is 0 Å². The first-order valence-corrected chi connectivity index (χ1v) is 8.00. The lowest BCUT2D eigenvalue weighted by Gasteiger charge is -2.18. The van der Waals surface area contributed by atoms with Crippen LogP contribution >= 0.6 is 0 Å². The molecule has 0 aliphatic heterocycles. The van der Waals surface area contributed by atoms with Gasteiger partial charge < -0.3 is 15.0 Å². The van der Waals surface area contributed by atoms with Crippen molar-refractivity contribution in [3.05, 3.63) is 35.3 Å². The number of aliphatic hydroxyl groups excluding tert-OH is 1. The Morgan fingerprint density at radius 3 is 2.52 bits per heavy atom. The van der Waals surface area contributed by atoms with Gasteiger partial charge in [-0.25, -0.2) is 0 Å². The fourth-order valence-electron chi connectivity index (χ4n) is 2.62. The second-order valence-corrected chi connectivity index (χ2v) is 6.12. The van der Waals surface area contributed by atoms with Crippen LogP contribution < -0.4 is 5.32 Å². The van der Waals surface area contributed by atoms with E-state index in [4.69, 9.17) is 0 Å². The molecular weight excluding hydrogens is 292 g/mol. The Morgan fingerprint density at radius 2 is 1.96 bits per heavy atom. The van der Waals surface area contributed by atoms with E-state index in [0.717, 1.165) is 23.6 Å². The maximum absolute atomic E-state index is 12.5. The van der Waals surface area contributed by atoms with Crippen LogP contribution in [0, 0.1) is 19.8 Å². The summed E-state index contributed by atoms with van der Waals surface area (Å²) >= 11 is 0. The molecule has 2 unspecified atom stereocenters. The molecule has 0 aliphatic carbocycles. The molecule has 0 bridgehead atoms. The zero-order chi connectivity index (χ0) is 17.1. The molecule has 1 amide bonds. The van der Waals surface area contributed by atoms with Crippen LogP contribution in [0.15, 0.2) is 18.3 Å². The fourth-order valence-corrected chi connectivity index (χ4v) is 2.62. The van der Waals surface area contributed by atoms with Gasteiger partial charge in [0, 0.05) is 25.0 Å². The highest BCUT2D eigenvalue weighted by molar-refractivity contribution is 5.97. The van der Waals surface area contributed by atoms with Gasteiger partial charge in [0.25, 0.3) is 5.91 Å². The van der Waals surface area contributed by atoms with Gasteiger partial charge in [-0.1, -0.05) is 20.3 Å². The third-order valence-electron chi connectivity index (χ3n) is 4.41. The number of carbonyl (C=O) groups excluding carboxylic acids is 1. The highest BCUT2D eigenvalue weighted by Crippen LogP contribution is 2.19. The first kappa shape index (κ1) is 17.3. The molecule has 2 heterocycles. The lowest BCUT2D eigenvalue weighted by molar-refractivity contribution is 0.0850. The number of aliphatic hydroxyl groups is 1. The third-order valence-corrected chi connectivity index (χ3v) is 4.41. The van der Waals surface area contributed by atoms with E-state index in [1.165, 1.54) is 0 Å². The Labute approximate surface area is 137 Å². The maximum atomic E-state index is 12.5. The van der Waals surface area contributed by atoms with E-state index in [2.05, 4.69) is 10.4 Å². The summed E-state index contributed by atoms with van der Waals surface area (Å²) in [6, 6.07) is 4.02. The summed E-state index contributed by atoms with van der Waals surface area (Å²) in [5, 5.41) is 17.1. The van der Waals surface area contributed by atoms with Crippen molar-refractivity contribution in [3.63, 3.8) is 0 Å². The van der Waals surface area contributed by atoms with Crippen LogP contribution in [0.2, 0.25) is 0 Å². The predicted molar refractivity (Wildman–Crippen MR) is 89.8 cm³/mol. The van der Waals surface area contributed by atoms with Crippen molar-refractivity contribution in [2.75, 3.05) is 6.54 Å². The number of amides is 1. The molecule has 23 heavy (non-hydrogen) atoms. The molecule has 2 aromatic heterocycles. The molecular formula is C17H26N4O2. The van der Waals surface area contributed by atoms with Gasteiger partial charge in [0.2, 0.25) is 0 Å². The van der Waals surface area contributed by atoms with Crippen molar-refractivity contribution in [2.45, 2.75) is 40.2 Å². The van der Waals surface area contributed by atoms with Crippen molar-refractivity contribution in [2.24, 2.45) is 13.0 Å². The molecule has 0 saturated heterocycles. The summed E-state index contributed by atoms with van der Waals surface area (Å²) in [6.45, 7) is 8.22. The smallest absolute Gasteiger partial charge is 0.256 e. The molecule has 2 aromatic rings. The van der Waals surface area contributed by atoms with Gasteiger partial charge in [0.1, 0.15) is 11.4 Å². The Morgan fingerprint density at radius 1 is 1.35 bits per heavy atom. The quantitative estimate of drug-likeness (QED) is 0.855. The number of aromatic nitrogens is 3. The number of hydrogen-bond acceptors (Lipinski definition) is 3. The van der Waals surface area contributed by atoms with E-state index < -0.39 is 6.10 Å². The Kier molecular flexibility index (Phi) is 5.26. The lowest BCUT2D eigenvalue weighted by Crippen LogP contribution is -2.35. The Hall–Kier alpha value is -2.08. The van der Waals surface area contributed by atoms with E-state index in [1.54, 1.807) is 10.9 Å². The molecule has 2 rings (SSSR count). The minimum Gasteiger partial charge on any atom is -0.391 e. The summed E-state index contributed by atoms with van der Waals surface area (Å²) in [5.74, 6) is 0.668. The van der Waals surface area contributed by atoms with E-state index in [9.17, 15) is 9.90 Å². The van der Waals surface area contributed by atoms with Gasteiger partial charge in [0.15, 0.2) is 0 Å². The normalized spacial score (nSPS) is 13.8. The number of nitrogens with zero attached hydrogens (tertiary/aromatic N) is 3. The molecule has 2 atom stereocenters. The standard InChI is InChI=1S/C17H26N4O2/c1-6-11(2)15(22)10-18-16(23)14-9-19-20(5)17(14)21-12(3)7-8-13(21)4/h7-9,11,15,22H,6,10H2,1-5H3,(H,18,23). The number of hydrogen-bond donors (Lipinski definition) is 2. The zero-order valence-electron chi connectivity index (χ0n) is 14.5. The van der Waals surface area contributed by atoms with Crippen LogP contribution in [-0.4, -0.2) is 38.0 Å².